The molecular formula is C12H16O2S. The molecular weight excluding hydrogens is 208 g/mol. The van der Waals surface area contributed by atoms with Crippen LogP contribution in [0.5, 0.6) is 0 Å². The smallest absolute Gasteiger partial charge is 0.304 e. The van der Waals surface area contributed by atoms with Gasteiger partial charge >= 0.3 is 5.97 Å². The van der Waals surface area contributed by atoms with Gasteiger partial charge in [0.25, 0.3) is 0 Å². The third kappa shape index (κ3) is 4.88. The summed E-state index contributed by atoms with van der Waals surface area (Å²) in [5.74, 6) is -0.0901. The van der Waals surface area contributed by atoms with Crippen LogP contribution in [0.25, 0.3) is 0 Å². The molecule has 82 valence electrons. The molecule has 0 fully saturated rings. The predicted molar refractivity (Wildman–Crippen MR) is 63.4 cm³/mol. The summed E-state index contributed by atoms with van der Waals surface area (Å²) in [7, 11) is 0. The Morgan fingerprint density at radius 1 is 1.33 bits per heavy atom. The monoisotopic (exact) mass is 224 g/mol. The summed E-state index contributed by atoms with van der Waals surface area (Å²) in [6, 6.07) is 8.37. The number of thioether (sulfide) groups is 1. The third-order valence-corrected chi connectivity index (χ3v) is 3.06. The summed E-state index contributed by atoms with van der Waals surface area (Å²) in [6.45, 7) is 2.16. The van der Waals surface area contributed by atoms with Gasteiger partial charge in [-0.1, -0.05) is 25.5 Å². The molecule has 0 bridgehead atoms. The molecule has 0 aromatic heterocycles. The van der Waals surface area contributed by atoms with Gasteiger partial charge in [-0.15, -0.1) is 11.8 Å². The molecule has 0 aliphatic carbocycles. The van der Waals surface area contributed by atoms with Crippen LogP contribution in [0.1, 0.15) is 25.3 Å². The largest absolute Gasteiger partial charge is 0.481 e. The maximum absolute atomic E-state index is 10.3. The predicted octanol–water partition coefficient (Wildman–Crippen LogP) is 3.21. The van der Waals surface area contributed by atoms with Gasteiger partial charge < -0.3 is 5.11 Å². The number of hydrogen-bond donors (Lipinski definition) is 1. The van der Waals surface area contributed by atoms with Gasteiger partial charge in [0.2, 0.25) is 0 Å². The first-order chi connectivity index (χ1) is 7.22. The number of carbonyl (C=O) groups is 1. The van der Waals surface area contributed by atoms with E-state index in [-0.39, 0.29) is 6.42 Å². The van der Waals surface area contributed by atoms with Gasteiger partial charge in [0, 0.05) is 10.6 Å². The highest BCUT2D eigenvalue weighted by Gasteiger charge is 1.98. The second kappa shape index (κ2) is 6.51. The highest BCUT2D eigenvalue weighted by Crippen LogP contribution is 2.19. The maximum Gasteiger partial charge on any atom is 0.304 e. The normalized spacial score (nSPS) is 10.2. The first-order valence-corrected chi connectivity index (χ1v) is 6.14. The van der Waals surface area contributed by atoms with Gasteiger partial charge in [-0.05, 0) is 24.1 Å². The lowest BCUT2D eigenvalue weighted by atomic mass is 10.1. The second-order valence-electron chi connectivity index (χ2n) is 3.39. The van der Waals surface area contributed by atoms with Crippen LogP contribution in [-0.2, 0) is 11.2 Å². The lowest BCUT2D eigenvalue weighted by Gasteiger charge is -2.02. The van der Waals surface area contributed by atoms with Crippen molar-refractivity contribution >= 4 is 17.7 Å². The number of benzene rings is 1. The Labute approximate surface area is 94.7 Å². The fourth-order valence-corrected chi connectivity index (χ4v) is 2.14. The SMILES string of the molecule is CCCc1ccc(SCCC(=O)O)cc1. The van der Waals surface area contributed by atoms with E-state index in [2.05, 4.69) is 31.2 Å². The standard InChI is InChI=1S/C12H16O2S/c1-2-3-10-4-6-11(7-5-10)15-9-8-12(13)14/h4-7H,2-3,8-9H2,1H3,(H,13,14). The Bertz CT molecular complexity index is 306. The lowest BCUT2D eigenvalue weighted by Crippen LogP contribution is -1.95. The van der Waals surface area contributed by atoms with E-state index < -0.39 is 5.97 Å². The number of carboxylic acids is 1. The van der Waals surface area contributed by atoms with Crippen molar-refractivity contribution in [3.63, 3.8) is 0 Å². The first-order valence-electron chi connectivity index (χ1n) is 5.16. The molecule has 0 radical (unpaired) electrons. The number of hydrogen-bond acceptors (Lipinski definition) is 2. The lowest BCUT2D eigenvalue weighted by molar-refractivity contribution is -0.136. The Morgan fingerprint density at radius 2 is 2.00 bits per heavy atom. The van der Waals surface area contributed by atoms with E-state index in [1.807, 2.05) is 0 Å². The van der Waals surface area contributed by atoms with E-state index in [0.717, 1.165) is 17.7 Å². The Hall–Kier alpha value is -0.960. The Morgan fingerprint density at radius 3 is 2.53 bits per heavy atom. The fraction of sp³-hybridized carbons (Fsp3) is 0.417. The van der Waals surface area contributed by atoms with E-state index in [1.165, 1.54) is 5.56 Å². The first kappa shape index (κ1) is 12.1. The number of aryl methyl sites for hydroxylation is 1. The van der Waals surface area contributed by atoms with Gasteiger partial charge in [-0.25, -0.2) is 0 Å². The topological polar surface area (TPSA) is 37.3 Å². The summed E-state index contributed by atoms with van der Waals surface area (Å²) in [5.41, 5.74) is 1.35. The summed E-state index contributed by atoms with van der Waals surface area (Å²) < 4.78 is 0. The maximum atomic E-state index is 10.3. The summed E-state index contributed by atoms with van der Waals surface area (Å²) in [4.78, 5) is 11.5. The van der Waals surface area contributed by atoms with Gasteiger partial charge in [-0.3, -0.25) is 4.79 Å². The van der Waals surface area contributed by atoms with Crippen molar-refractivity contribution in [1.29, 1.82) is 0 Å². The van der Waals surface area contributed by atoms with Crippen LogP contribution in [0.3, 0.4) is 0 Å². The number of carboxylic acid groups (broad SMARTS) is 1. The highest BCUT2D eigenvalue weighted by atomic mass is 32.2. The Balaban J connectivity index is 2.39. The van der Waals surface area contributed by atoms with Crippen LogP contribution in [0, 0.1) is 0 Å². The minimum atomic E-state index is -0.731. The van der Waals surface area contributed by atoms with Crippen LogP contribution >= 0.6 is 11.8 Å². The van der Waals surface area contributed by atoms with Crippen molar-refractivity contribution < 1.29 is 9.90 Å². The summed E-state index contributed by atoms with van der Waals surface area (Å²) in [5, 5.41) is 8.49. The number of aliphatic carboxylic acids is 1. The molecule has 2 nitrogen and oxygen atoms in total. The molecule has 0 aliphatic heterocycles. The molecule has 0 saturated heterocycles. The zero-order valence-corrected chi connectivity index (χ0v) is 9.72. The summed E-state index contributed by atoms with van der Waals surface area (Å²) in [6.07, 6.45) is 2.49. The Kier molecular flexibility index (Phi) is 5.26. The van der Waals surface area contributed by atoms with E-state index >= 15 is 0 Å². The van der Waals surface area contributed by atoms with E-state index in [0.29, 0.717) is 5.75 Å². The zero-order valence-electron chi connectivity index (χ0n) is 8.90. The molecule has 15 heavy (non-hydrogen) atoms. The molecule has 0 aliphatic rings. The average molecular weight is 224 g/mol. The van der Waals surface area contributed by atoms with Crippen LogP contribution < -0.4 is 0 Å². The molecule has 1 N–H and O–H groups in total. The van der Waals surface area contributed by atoms with Crippen molar-refractivity contribution in [2.24, 2.45) is 0 Å². The molecule has 0 atom stereocenters. The minimum absolute atomic E-state index is 0.224. The minimum Gasteiger partial charge on any atom is -0.481 e. The van der Waals surface area contributed by atoms with Crippen LogP contribution in [0.15, 0.2) is 29.2 Å². The van der Waals surface area contributed by atoms with E-state index in [1.54, 1.807) is 11.8 Å². The fourth-order valence-electron chi connectivity index (χ4n) is 1.30. The molecule has 0 heterocycles. The molecule has 0 unspecified atom stereocenters. The van der Waals surface area contributed by atoms with Crippen LogP contribution in [0.2, 0.25) is 0 Å². The van der Waals surface area contributed by atoms with Gasteiger partial charge in [-0.2, -0.15) is 0 Å². The van der Waals surface area contributed by atoms with Gasteiger partial charge in [0.1, 0.15) is 0 Å². The quantitative estimate of drug-likeness (QED) is 0.754. The van der Waals surface area contributed by atoms with Crippen molar-refractivity contribution in [3.8, 4) is 0 Å². The van der Waals surface area contributed by atoms with Crippen molar-refractivity contribution in [2.45, 2.75) is 31.1 Å². The van der Waals surface area contributed by atoms with Crippen molar-refractivity contribution in [3.05, 3.63) is 29.8 Å². The van der Waals surface area contributed by atoms with E-state index in [9.17, 15) is 4.79 Å². The van der Waals surface area contributed by atoms with Crippen LogP contribution in [0.4, 0.5) is 0 Å². The average Bonchev–Trinajstić information content (AvgIpc) is 2.20. The van der Waals surface area contributed by atoms with Gasteiger partial charge in [0.15, 0.2) is 0 Å². The summed E-state index contributed by atoms with van der Waals surface area (Å²) >= 11 is 1.59. The highest BCUT2D eigenvalue weighted by molar-refractivity contribution is 7.99. The van der Waals surface area contributed by atoms with Crippen molar-refractivity contribution in [2.75, 3.05) is 5.75 Å². The molecule has 0 spiro atoms. The van der Waals surface area contributed by atoms with Crippen molar-refractivity contribution in [1.82, 2.24) is 0 Å². The third-order valence-electron chi connectivity index (χ3n) is 2.05. The molecule has 1 aromatic carbocycles. The molecule has 1 rings (SSSR count). The molecule has 1 aromatic rings. The molecule has 0 saturated carbocycles. The molecule has 0 amide bonds. The second-order valence-corrected chi connectivity index (χ2v) is 4.55. The number of rotatable bonds is 6. The zero-order chi connectivity index (χ0) is 11.1. The molecule has 3 heteroatoms. The van der Waals surface area contributed by atoms with Crippen LogP contribution in [-0.4, -0.2) is 16.8 Å². The van der Waals surface area contributed by atoms with E-state index in [4.69, 9.17) is 5.11 Å². The van der Waals surface area contributed by atoms with Gasteiger partial charge in [0.05, 0.1) is 6.42 Å².